The summed E-state index contributed by atoms with van der Waals surface area (Å²) >= 11 is 0. The fourth-order valence-corrected chi connectivity index (χ4v) is 6.51. The van der Waals surface area contributed by atoms with Crippen LogP contribution in [0.15, 0.2) is 58.0 Å². The molecule has 1 saturated carbocycles. The Hall–Kier alpha value is -3.79. The molecular weight excluding hydrogens is 544 g/mol. The van der Waals surface area contributed by atoms with Gasteiger partial charge in [0.1, 0.15) is 6.10 Å². The zero-order chi connectivity index (χ0) is 31.2. The molecule has 1 aromatic heterocycles. The van der Waals surface area contributed by atoms with Crippen LogP contribution in [0.3, 0.4) is 0 Å². The van der Waals surface area contributed by atoms with E-state index in [1.165, 1.54) is 32.6 Å². The number of carbonyl (C=O) groups excluding carboxylic acids is 5. The quantitative estimate of drug-likeness (QED) is 0.283. The molecule has 10 heteroatoms. The molecule has 2 heterocycles. The molecule has 10 nitrogen and oxygen atoms in total. The van der Waals surface area contributed by atoms with Crippen LogP contribution in [-0.2, 0) is 38.2 Å². The van der Waals surface area contributed by atoms with Crippen LogP contribution in [0, 0.1) is 22.7 Å². The van der Waals surface area contributed by atoms with Gasteiger partial charge in [-0.05, 0) is 44.1 Å². The molecule has 1 aliphatic heterocycles. The van der Waals surface area contributed by atoms with E-state index in [2.05, 4.69) is 0 Å². The van der Waals surface area contributed by atoms with Gasteiger partial charge in [-0.2, -0.15) is 0 Å². The Morgan fingerprint density at radius 2 is 1.88 bits per heavy atom. The van der Waals surface area contributed by atoms with Gasteiger partial charge >= 0.3 is 17.9 Å². The lowest BCUT2D eigenvalue weighted by atomic mass is 9.57. The van der Waals surface area contributed by atoms with E-state index in [-0.39, 0.29) is 36.0 Å². The van der Waals surface area contributed by atoms with Crippen molar-refractivity contribution in [1.29, 1.82) is 0 Å². The lowest BCUT2D eigenvalue weighted by Gasteiger charge is -2.50. The third-order valence-electron chi connectivity index (χ3n) is 9.29. The van der Waals surface area contributed by atoms with E-state index in [1.54, 1.807) is 32.9 Å². The lowest BCUT2D eigenvalue weighted by molar-refractivity contribution is -0.175. The SMILES string of the molecule is CC=C(C)C(=O)OC(C1=CC(C)(C)C(CC(=O)OC)C(C)C1=O)C1(O)CCC2(C)C(=CC(=O)OC2c2ccoc2)C1=O. The average Bonchev–Trinajstić information content (AvgIpc) is 3.49. The summed E-state index contributed by atoms with van der Waals surface area (Å²) in [6, 6.07) is 1.64. The van der Waals surface area contributed by atoms with Gasteiger partial charge in [0.2, 0.25) is 0 Å². The van der Waals surface area contributed by atoms with E-state index in [0.29, 0.717) is 5.56 Å². The van der Waals surface area contributed by atoms with E-state index in [4.69, 9.17) is 18.6 Å². The lowest BCUT2D eigenvalue weighted by Crippen LogP contribution is -2.60. The summed E-state index contributed by atoms with van der Waals surface area (Å²) in [5.74, 6) is -4.49. The highest BCUT2D eigenvalue weighted by molar-refractivity contribution is 6.10. The van der Waals surface area contributed by atoms with Crippen molar-refractivity contribution in [2.45, 2.75) is 78.6 Å². The highest BCUT2D eigenvalue weighted by atomic mass is 16.6. The minimum Gasteiger partial charge on any atom is -0.472 e. The zero-order valence-corrected chi connectivity index (χ0v) is 25.0. The number of aliphatic hydroxyl groups is 1. The second-order valence-corrected chi connectivity index (χ2v) is 12.3. The van der Waals surface area contributed by atoms with Crippen molar-refractivity contribution in [3.63, 3.8) is 0 Å². The Kier molecular flexibility index (Phi) is 8.25. The van der Waals surface area contributed by atoms with Crippen molar-refractivity contribution >= 4 is 29.5 Å². The number of furan rings is 1. The van der Waals surface area contributed by atoms with Gasteiger partial charge in [0, 0.05) is 46.1 Å². The maximum Gasteiger partial charge on any atom is 0.334 e. The largest absolute Gasteiger partial charge is 0.472 e. The Balaban J connectivity index is 1.83. The zero-order valence-electron chi connectivity index (χ0n) is 25.0. The second-order valence-electron chi connectivity index (χ2n) is 12.3. The van der Waals surface area contributed by atoms with Crippen LogP contribution in [0.25, 0.3) is 0 Å². The van der Waals surface area contributed by atoms with E-state index in [9.17, 15) is 29.1 Å². The van der Waals surface area contributed by atoms with Gasteiger partial charge < -0.3 is 23.7 Å². The smallest absolute Gasteiger partial charge is 0.334 e. The molecule has 2 aliphatic carbocycles. The number of cyclic esters (lactones) is 1. The number of ether oxygens (including phenoxy) is 3. The molecule has 0 saturated heterocycles. The number of allylic oxidation sites excluding steroid dienone is 2. The summed E-state index contributed by atoms with van der Waals surface area (Å²) < 4.78 is 21.5. The first-order valence-corrected chi connectivity index (χ1v) is 14.0. The number of hydrogen-bond acceptors (Lipinski definition) is 10. The molecule has 226 valence electrons. The van der Waals surface area contributed by atoms with Gasteiger partial charge in [-0.15, -0.1) is 0 Å². The first kappa shape index (κ1) is 31.2. The summed E-state index contributed by atoms with van der Waals surface area (Å²) in [6.07, 6.45) is 4.47. The third-order valence-corrected chi connectivity index (χ3v) is 9.29. The molecule has 4 rings (SSSR count). The fourth-order valence-electron chi connectivity index (χ4n) is 6.51. The van der Waals surface area contributed by atoms with Gasteiger partial charge in [0.05, 0.1) is 19.6 Å². The van der Waals surface area contributed by atoms with Crippen LogP contribution < -0.4 is 0 Å². The Morgan fingerprint density at radius 1 is 1.19 bits per heavy atom. The summed E-state index contributed by atoms with van der Waals surface area (Å²) in [7, 11) is 1.27. The molecule has 42 heavy (non-hydrogen) atoms. The predicted molar refractivity (Wildman–Crippen MR) is 148 cm³/mol. The van der Waals surface area contributed by atoms with Gasteiger partial charge in [-0.25, -0.2) is 9.59 Å². The molecule has 0 amide bonds. The number of rotatable bonds is 7. The maximum atomic E-state index is 14.3. The minimum atomic E-state index is -2.36. The molecule has 3 aliphatic rings. The molecule has 6 unspecified atom stereocenters. The Bertz CT molecular complexity index is 1390. The van der Waals surface area contributed by atoms with Crippen molar-refractivity contribution in [2.75, 3.05) is 7.11 Å². The van der Waals surface area contributed by atoms with Gasteiger partial charge in [-0.1, -0.05) is 39.8 Å². The standard InChI is InChI=1S/C32H38O10/c1-8-17(2)29(37)42-28(20-15-30(4,5)21(13-23(33)39-7)18(3)25(20)35)32(38)11-10-31(6)22(26(32)36)14-24(34)41-27(31)19-9-12-40-16-19/h8-9,12,14-16,18,21,27-28,38H,10-11,13H2,1-7H3. The molecular formula is C32H38O10. The molecule has 0 spiro atoms. The maximum absolute atomic E-state index is 14.3. The Labute approximate surface area is 244 Å². The molecule has 0 radical (unpaired) electrons. The molecule has 1 aromatic rings. The van der Waals surface area contributed by atoms with Crippen LogP contribution in [0.2, 0.25) is 0 Å². The van der Waals surface area contributed by atoms with Crippen LogP contribution in [0.1, 0.15) is 72.5 Å². The number of esters is 3. The summed E-state index contributed by atoms with van der Waals surface area (Å²) in [4.78, 5) is 66.1. The topological polar surface area (TPSA) is 146 Å². The number of carbonyl (C=O) groups is 5. The van der Waals surface area contributed by atoms with E-state index in [0.717, 1.165) is 6.08 Å². The minimum absolute atomic E-state index is 0.0160. The van der Waals surface area contributed by atoms with E-state index >= 15 is 0 Å². The molecule has 1 N–H and O–H groups in total. The van der Waals surface area contributed by atoms with Crippen molar-refractivity contribution in [3.8, 4) is 0 Å². The summed E-state index contributed by atoms with van der Waals surface area (Å²) in [5.41, 5.74) is -3.40. The summed E-state index contributed by atoms with van der Waals surface area (Å²) in [6.45, 7) is 10.3. The van der Waals surface area contributed by atoms with Crippen LogP contribution in [-0.4, -0.2) is 53.4 Å². The molecule has 1 fully saturated rings. The monoisotopic (exact) mass is 582 g/mol. The van der Waals surface area contributed by atoms with Crippen LogP contribution >= 0.6 is 0 Å². The summed E-state index contributed by atoms with van der Waals surface area (Å²) in [5, 5.41) is 12.2. The average molecular weight is 583 g/mol. The van der Waals surface area contributed by atoms with Crippen molar-refractivity contribution in [3.05, 3.63) is 59.1 Å². The fraction of sp³-hybridized carbons (Fsp3) is 0.531. The molecule has 0 bridgehead atoms. The van der Waals surface area contributed by atoms with E-state index in [1.807, 2.05) is 13.8 Å². The van der Waals surface area contributed by atoms with Gasteiger partial charge in [0.25, 0.3) is 0 Å². The molecule has 6 atom stereocenters. The van der Waals surface area contributed by atoms with Crippen molar-refractivity contribution < 1.29 is 47.7 Å². The second kappa shape index (κ2) is 11.1. The number of ketones is 2. The van der Waals surface area contributed by atoms with Crippen LogP contribution in [0.5, 0.6) is 0 Å². The third kappa shape index (κ3) is 5.17. The Morgan fingerprint density at radius 3 is 2.48 bits per heavy atom. The first-order valence-electron chi connectivity index (χ1n) is 14.0. The van der Waals surface area contributed by atoms with Crippen LogP contribution in [0.4, 0.5) is 0 Å². The van der Waals surface area contributed by atoms with Gasteiger partial charge in [0.15, 0.2) is 23.3 Å². The number of fused-ring (bicyclic) bond motifs is 1. The van der Waals surface area contributed by atoms with E-state index < -0.39 is 69.9 Å². The highest BCUT2D eigenvalue weighted by Gasteiger charge is 2.61. The van der Waals surface area contributed by atoms with Crippen molar-refractivity contribution in [2.24, 2.45) is 22.7 Å². The molecule has 0 aromatic carbocycles. The normalized spacial score (nSPS) is 31.8. The van der Waals surface area contributed by atoms with Gasteiger partial charge in [-0.3, -0.25) is 14.4 Å². The predicted octanol–water partition coefficient (Wildman–Crippen LogP) is 4.13. The number of hydrogen-bond donors (Lipinski definition) is 1. The first-order chi connectivity index (χ1) is 19.6. The number of Topliss-reactive ketones (excluding diaryl/α,β-unsaturated/α-hetero) is 2. The number of methoxy groups -OCH3 is 1. The highest BCUT2D eigenvalue weighted by Crippen LogP contribution is 2.56. The van der Waals surface area contributed by atoms with Crippen molar-refractivity contribution in [1.82, 2.24) is 0 Å².